The number of hydrazine groups is 1. The van der Waals surface area contributed by atoms with E-state index in [4.69, 9.17) is 11.6 Å². The predicted molar refractivity (Wildman–Crippen MR) is 99.9 cm³/mol. The van der Waals surface area contributed by atoms with Crippen LogP contribution in [0.5, 0.6) is 0 Å². The molecule has 2 aromatic rings. The monoisotopic (exact) mass is 381 g/mol. The molecule has 0 bridgehead atoms. The highest BCUT2D eigenvalue weighted by Crippen LogP contribution is 2.36. The van der Waals surface area contributed by atoms with Crippen LogP contribution in [-0.2, 0) is 11.2 Å². The Balaban J connectivity index is 0.00000169. The first-order valence-electron chi connectivity index (χ1n) is 7.51. The maximum atomic E-state index is 12.6. The predicted octanol–water partition coefficient (Wildman–Crippen LogP) is 3.34. The lowest BCUT2D eigenvalue weighted by Gasteiger charge is -2.16. The number of hydrogen-bond donors (Lipinski definition) is 2. The third kappa shape index (κ3) is 3.41. The summed E-state index contributed by atoms with van der Waals surface area (Å²) in [6.45, 7) is 0. The zero-order valence-electron chi connectivity index (χ0n) is 12.7. The van der Waals surface area contributed by atoms with Crippen LogP contribution in [0.2, 0.25) is 5.02 Å². The molecule has 2 aliphatic heterocycles. The van der Waals surface area contributed by atoms with E-state index in [1.54, 1.807) is 16.8 Å². The minimum absolute atomic E-state index is 0. The van der Waals surface area contributed by atoms with Gasteiger partial charge in [0.25, 0.3) is 5.91 Å². The second-order valence-corrected chi connectivity index (χ2v) is 7.38. The minimum Gasteiger partial charge on any atom is -0.272 e. The first-order chi connectivity index (χ1) is 11.2. The van der Waals surface area contributed by atoms with Crippen molar-refractivity contribution in [2.45, 2.75) is 23.3 Å². The number of halogens is 2. The van der Waals surface area contributed by atoms with Gasteiger partial charge >= 0.3 is 0 Å². The van der Waals surface area contributed by atoms with Crippen LogP contribution >= 0.6 is 35.8 Å². The van der Waals surface area contributed by atoms with Crippen LogP contribution in [0.25, 0.3) is 0 Å². The molecule has 2 heterocycles. The molecule has 0 saturated carbocycles. The molecule has 3 atom stereocenters. The van der Waals surface area contributed by atoms with Crippen LogP contribution in [-0.4, -0.2) is 21.7 Å². The molecule has 0 radical (unpaired) electrons. The number of fused-ring (bicyclic) bond motifs is 1. The largest absolute Gasteiger partial charge is 0.272 e. The van der Waals surface area contributed by atoms with E-state index in [9.17, 15) is 4.79 Å². The highest BCUT2D eigenvalue weighted by molar-refractivity contribution is 8.01. The molecule has 2 unspecified atom stereocenters. The summed E-state index contributed by atoms with van der Waals surface area (Å²) in [6, 6.07) is 17.8. The van der Waals surface area contributed by atoms with Crippen molar-refractivity contribution in [1.29, 1.82) is 0 Å². The number of carbonyl (C=O) groups excluding carboxylic acids is 1. The fourth-order valence-electron chi connectivity index (χ4n) is 2.90. The van der Waals surface area contributed by atoms with Gasteiger partial charge in [-0.1, -0.05) is 54.1 Å². The highest BCUT2D eigenvalue weighted by atomic mass is 35.5. The van der Waals surface area contributed by atoms with Gasteiger partial charge in [0.1, 0.15) is 11.7 Å². The van der Waals surface area contributed by atoms with Crippen LogP contribution in [0.15, 0.2) is 54.6 Å². The standard InChI is InChI=1S/C17H16ClN3OS.ClH/c18-13-8-6-11(7-9-13)10-14-16(22)21-17(23-14)19-15(20-21)12-4-2-1-3-5-12;/h1-9,14-15,17,19-20H,10H2;1H/t14?,15?,17-;/m0./s1. The van der Waals surface area contributed by atoms with E-state index >= 15 is 0 Å². The Morgan fingerprint density at radius 1 is 1.08 bits per heavy atom. The van der Waals surface area contributed by atoms with Gasteiger partial charge in [-0.2, -0.15) is 0 Å². The first-order valence-corrected chi connectivity index (χ1v) is 8.83. The maximum Gasteiger partial charge on any atom is 0.252 e. The molecule has 2 saturated heterocycles. The molecule has 0 spiro atoms. The van der Waals surface area contributed by atoms with Crippen molar-refractivity contribution >= 4 is 41.7 Å². The van der Waals surface area contributed by atoms with Crippen LogP contribution < -0.4 is 10.7 Å². The molecule has 126 valence electrons. The molecule has 0 aliphatic carbocycles. The molecule has 1 amide bonds. The second kappa shape index (κ2) is 7.33. The number of carbonyl (C=O) groups is 1. The van der Waals surface area contributed by atoms with Crippen molar-refractivity contribution in [3.8, 4) is 0 Å². The molecule has 2 aromatic carbocycles. The molecular formula is C17H17Cl2N3OS. The number of nitrogens with one attached hydrogen (secondary N) is 2. The molecule has 4 rings (SSSR count). The van der Waals surface area contributed by atoms with Crippen molar-refractivity contribution in [3.05, 3.63) is 70.7 Å². The molecule has 4 nitrogen and oxygen atoms in total. The van der Waals surface area contributed by atoms with Gasteiger partial charge in [0.15, 0.2) is 0 Å². The van der Waals surface area contributed by atoms with E-state index in [0.29, 0.717) is 11.4 Å². The maximum absolute atomic E-state index is 12.6. The summed E-state index contributed by atoms with van der Waals surface area (Å²) in [5.41, 5.74) is 5.51. The van der Waals surface area contributed by atoms with E-state index in [1.807, 2.05) is 54.6 Å². The third-order valence-electron chi connectivity index (χ3n) is 4.09. The van der Waals surface area contributed by atoms with Gasteiger partial charge in [-0.15, -0.1) is 24.2 Å². The topological polar surface area (TPSA) is 44.4 Å². The number of hydrogen-bond acceptors (Lipinski definition) is 4. The average Bonchev–Trinajstić information content (AvgIpc) is 3.11. The fourth-order valence-corrected chi connectivity index (χ4v) is 4.35. The Bertz CT molecular complexity index is 714. The Morgan fingerprint density at radius 2 is 1.79 bits per heavy atom. The normalized spacial score (nSPS) is 25.5. The summed E-state index contributed by atoms with van der Waals surface area (Å²) < 4.78 is 0. The summed E-state index contributed by atoms with van der Waals surface area (Å²) in [4.78, 5) is 12.6. The number of benzene rings is 2. The number of thioether (sulfide) groups is 1. The summed E-state index contributed by atoms with van der Waals surface area (Å²) in [6.07, 6.45) is 0.696. The average molecular weight is 382 g/mol. The molecule has 0 aromatic heterocycles. The fraction of sp³-hybridized carbons (Fsp3) is 0.235. The third-order valence-corrected chi connectivity index (χ3v) is 5.64. The number of nitrogens with zero attached hydrogens (tertiary/aromatic N) is 1. The van der Waals surface area contributed by atoms with Gasteiger partial charge < -0.3 is 0 Å². The molecule has 2 fully saturated rings. The SMILES string of the molecule is Cl.O=C1C(Cc2ccc(Cl)cc2)S[C@H]2NC(c3ccccc3)NN12. The Kier molecular flexibility index (Phi) is 5.37. The summed E-state index contributed by atoms with van der Waals surface area (Å²) >= 11 is 7.57. The first kappa shape index (κ1) is 17.6. The van der Waals surface area contributed by atoms with Gasteiger partial charge in [-0.25, -0.2) is 10.4 Å². The van der Waals surface area contributed by atoms with E-state index < -0.39 is 0 Å². The van der Waals surface area contributed by atoms with E-state index in [2.05, 4.69) is 10.7 Å². The minimum atomic E-state index is -0.0714. The van der Waals surface area contributed by atoms with Gasteiger partial charge in [-0.3, -0.25) is 10.1 Å². The van der Waals surface area contributed by atoms with Crippen molar-refractivity contribution in [2.24, 2.45) is 0 Å². The van der Waals surface area contributed by atoms with E-state index in [-0.39, 0.29) is 35.2 Å². The zero-order chi connectivity index (χ0) is 15.8. The highest BCUT2D eigenvalue weighted by Gasteiger charge is 2.46. The zero-order valence-corrected chi connectivity index (χ0v) is 15.1. The van der Waals surface area contributed by atoms with E-state index in [1.165, 1.54) is 0 Å². The number of rotatable bonds is 3. The lowest BCUT2D eigenvalue weighted by molar-refractivity contribution is -0.131. The van der Waals surface area contributed by atoms with Crippen LogP contribution in [0.1, 0.15) is 17.3 Å². The van der Waals surface area contributed by atoms with Gasteiger partial charge in [0, 0.05) is 5.02 Å². The molecule has 2 aliphatic rings. The van der Waals surface area contributed by atoms with Crippen molar-refractivity contribution < 1.29 is 4.79 Å². The van der Waals surface area contributed by atoms with Gasteiger partial charge in [-0.05, 0) is 29.7 Å². The lowest BCUT2D eigenvalue weighted by Crippen LogP contribution is -2.40. The Hall–Kier alpha value is -1.24. The number of amides is 1. The summed E-state index contributed by atoms with van der Waals surface area (Å²) in [7, 11) is 0. The molecule has 24 heavy (non-hydrogen) atoms. The van der Waals surface area contributed by atoms with Crippen LogP contribution in [0.3, 0.4) is 0 Å². The summed E-state index contributed by atoms with van der Waals surface area (Å²) in [5.74, 6) is 0.126. The van der Waals surface area contributed by atoms with Crippen molar-refractivity contribution in [1.82, 2.24) is 15.8 Å². The molecule has 7 heteroatoms. The lowest BCUT2D eigenvalue weighted by atomic mass is 10.1. The Labute approximate surface area is 156 Å². The van der Waals surface area contributed by atoms with Crippen LogP contribution in [0, 0.1) is 0 Å². The molecule has 2 N–H and O–H groups in total. The van der Waals surface area contributed by atoms with Gasteiger partial charge in [0.05, 0.1) is 5.25 Å². The molecular weight excluding hydrogens is 365 g/mol. The van der Waals surface area contributed by atoms with Crippen molar-refractivity contribution in [3.63, 3.8) is 0 Å². The summed E-state index contributed by atoms with van der Waals surface area (Å²) in [5, 5.41) is 5.83. The van der Waals surface area contributed by atoms with Gasteiger partial charge in [0.2, 0.25) is 0 Å². The van der Waals surface area contributed by atoms with Crippen molar-refractivity contribution in [2.75, 3.05) is 0 Å². The Morgan fingerprint density at radius 3 is 2.46 bits per heavy atom. The van der Waals surface area contributed by atoms with Crippen LogP contribution in [0.4, 0.5) is 0 Å². The smallest absolute Gasteiger partial charge is 0.252 e. The quantitative estimate of drug-likeness (QED) is 0.855. The van der Waals surface area contributed by atoms with E-state index in [0.717, 1.165) is 11.1 Å². The second-order valence-electron chi connectivity index (χ2n) is 5.66.